The molecular formula is C19H25N5O2. The number of carbonyl (C=O) groups is 1. The van der Waals surface area contributed by atoms with Gasteiger partial charge in [0.2, 0.25) is 11.7 Å². The predicted octanol–water partition coefficient (Wildman–Crippen LogP) is 2.26. The highest BCUT2D eigenvalue weighted by Gasteiger charge is 2.30. The van der Waals surface area contributed by atoms with Gasteiger partial charge >= 0.3 is 5.69 Å². The number of fused-ring (bicyclic) bond motifs is 3. The van der Waals surface area contributed by atoms with Crippen molar-refractivity contribution in [3.8, 4) is 0 Å². The van der Waals surface area contributed by atoms with Crippen molar-refractivity contribution < 1.29 is 4.79 Å². The van der Waals surface area contributed by atoms with Gasteiger partial charge in [0.1, 0.15) is 6.54 Å². The number of hydrogen-bond donors (Lipinski definition) is 0. The molecule has 0 bridgehead atoms. The molecule has 0 radical (unpaired) electrons. The van der Waals surface area contributed by atoms with Crippen LogP contribution in [0.4, 0.5) is 0 Å². The summed E-state index contributed by atoms with van der Waals surface area (Å²) >= 11 is 0. The maximum Gasteiger partial charge on any atom is 0.352 e. The van der Waals surface area contributed by atoms with Gasteiger partial charge in [-0.25, -0.2) is 13.9 Å². The topological polar surface area (TPSA) is 64.5 Å². The van der Waals surface area contributed by atoms with Gasteiger partial charge in [-0.05, 0) is 52.2 Å². The minimum Gasteiger partial charge on any atom is -0.336 e. The molecule has 2 aromatic heterocycles. The van der Waals surface area contributed by atoms with Crippen LogP contribution >= 0.6 is 0 Å². The van der Waals surface area contributed by atoms with Crippen molar-refractivity contribution in [1.29, 1.82) is 0 Å². The number of hydrogen-bond acceptors (Lipinski definition) is 3. The second kappa shape index (κ2) is 6.30. The second-order valence-electron chi connectivity index (χ2n) is 7.24. The molecule has 3 heterocycles. The van der Waals surface area contributed by atoms with Crippen LogP contribution in [0.1, 0.15) is 40.0 Å². The summed E-state index contributed by atoms with van der Waals surface area (Å²) in [6, 6.07) is 8.19. The molecule has 0 N–H and O–H groups in total. The monoisotopic (exact) mass is 355 g/mol. The maximum absolute atomic E-state index is 12.9. The molecule has 1 aliphatic heterocycles. The van der Waals surface area contributed by atoms with E-state index in [4.69, 9.17) is 0 Å². The van der Waals surface area contributed by atoms with Gasteiger partial charge in [-0.15, -0.1) is 5.10 Å². The zero-order valence-electron chi connectivity index (χ0n) is 15.6. The first kappa shape index (κ1) is 16.9. The standard InChI is InChI=1S/C19H25N5O2/c1-4-21-15-10-5-6-11-16(15)24-18(21)20-22(19(24)26)12-17(25)23-13(2)8-7-9-14(23)3/h5-6,10-11,13-14H,4,7-9,12H2,1-3H3/t13-,14+. The minimum absolute atomic E-state index is 0.00671. The summed E-state index contributed by atoms with van der Waals surface area (Å²) in [5, 5.41) is 4.49. The molecule has 26 heavy (non-hydrogen) atoms. The van der Waals surface area contributed by atoms with E-state index in [2.05, 4.69) is 18.9 Å². The highest BCUT2D eigenvalue weighted by molar-refractivity contribution is 5.81. The number of benzene rings is 1. The summed E-state index contributed by atoms with van der Waals surface area (Å²) in [6.45, 7) is 6.89. The molecule has 0 unspecified atom stereocenters. The molecule has 0 saturated carbocycles. The Bertz CT molecular complexity index is 1020. The lowest BCUT2D eigenvalue weighted by molar-refractivity contribution is -0.138. The van der Waals surface area contributed by atoms with E-state index in [-0.39, 0.29) is 30.2 Å². The second-order valence-corrected chi connectivity index (χ2v) is 7.24. The quantitative estimate of drug-likeness (QED) is 0.724. The first-order chi connectivity index (χ1) is 12.5. The van der Waals surface area contributed by atoms with E-state index in [1.54, 1.807) is 4.40 Å². The van der Waals surface area contributed by atoms with Gasteiger partial charge in [0.05, 0.1) is 11.0 Å². The van der Waals surface area contributed by atoms with Crippen LogP contribution < -0.4 is 5.69 Å². The molecule has 1 saturated heterocycles. The van der Waals surface area contributed by atoms with Crippen LogP contribution in [0.25, 0.3) is 16.8 Å². The minimum atomic E-state index is -0.255. The van der Waals surface area contributed by atoms with E-state index in [0.29, 0.717) is 12.3 Å². The number of amides is 1. The van der Waals surface area contributed by atoms with Gasteiger partial charge in [-0.3, -0.25) is 4.79 Å². The lowest BCUT2D eigenvalue weighted by atomic mass is 9.97. The Morgan fingerprint density at radius 1 is 1.15 bits per heavy atom. The number of piperidine rings is 1. The lowest BCUT2D eigenvalue weighted by Gasteiger charge is -2.39. The number of imidazole rings is 1. The summed E-state index contributed by atoms with van der Waals surface area (Å²) in [5.41, 5.74) is 1.55. The lowest BCUT2D eigenvalue weighted by Crippen LogP contribution is -2.49. The predicted molar refractivity (Wildman–Crippen MR) is 100 cm³/mol. The molecule has 4 rings (SSSR count). The van der Waals surface area contributed by atoms with E-state index < -0.39 is 0 Å². The highest BCUT2D eigenvalue weighted by atomic mass is 16.2. The van der Waals surface area contributed by atoms with E-state index in [1.165, 1.54) is 4.68 Å². The van der Waals surface area contributed by atoms with Crippen LogP contribution in [-0.4, -0.2) is 41.6 Å². The summed E-state index contributed by atoms with van der Waals surface area (Å²) in [7, 11) is 0. The normalized spacial score (nSPS) is 21.0. The third kappa shape index (κ3) is 2.45. The fourth-order valence-corrected chi connectivity index (χ4v) is 4.31. The van der Waals surface area contributed by atoms with Crippen molar-refractivity contribution in [1.82, 2.24) is 23.6 Å². The van der Waals surface area contributed by atoms with E-state index in [9.17, 15) is 9.59 Å². The molecule has 1 aromatic carbocycles. The molecule has 2 atom stereocenters. The van der Waals surface area contributed by atoms with Gasteiger partial charge < -0.3 is 9.47 Å². The first-order valence-electron chi connectivity index (χ1n) is 9.41. The third-order valence-electron chi connectivity index (χ3n) is 5.56. The van der Waals surface area contributed by atoms with Crippen LogP contribution in [0.2, 0.25) is 0 Å². The number of rotatable bonds is 3. The molecule has 1 aliphatic rings. The number of likely N-dealkylation sites (tertiary alicyclic amines) is 1. The van der Waals surface area contributed by atoms with Crippen LogP contribution in [0.15, 0.2) is 29.1 Å². The molecule has 0 spiro atoms. The van der Waals surface area contributed by atoms with Crippen molar-refractivity contribution >= 4 is 22.7 Å². The molecule has 0 aliphatic carbocycles. The molecule has 1 amide bonds. The molecule has 7 nitrogen and oxygen atoms in total. The van der Waals surface area contributed by atoms with Crippen molar-refractivity contribution in [2.75, 3.05) is 0 Å². The van der Waals surface area contributed by atoms with Gasteiger partial charge in [-0.1, -0.05) is 12.1 Å². The molecule has 1 fully saturated rings. The van der Waals surface area contributed by atoms with E-state index in [0.717, 1.165) is 30.3 Å². The average molecular weight is 355 g/mol. The summed E-state index contributed by atoms with van der Waals surface area (Å²) in [4.78, 5) is 27.7. The zero-order chi connectivity index (χ0) is 18.4. The summed E-state index contributed by atoms with van der Waals surface area (Å²) < 4.78 is 4.92. The Morgan fingerprint density at radius 3 is 2.46 bits per heavy atom. The van der Waals surface area contributed by atoms with Crippen molar-refractivity contribution in [2.24, 2.45) is 0 Å². The smallest absolute Gasteiger partial charge is 0.336 e. The van der Waals surface area contributed by atoms with E-state index in [1.807, 2.05) is 40.7 Å². The summed E-state index contributed by atoms with van der Waals surface area (Å²) in [6.07, 6.45) is 3.18. The largest absolute Gasteiger partial charge is 0.352 e. The molecular weight excluding hydrogens is 330 g/mol. The van der Waals surface area contributed by atoms with Crippen LogP contribution in [0.5, 0.6) is 0 Å². The Labute approximate surface area is 151 Å². The Balaban J connectivity index is 1.75. The van der Waals surface area contributed by atoms with Gasteiger partial charge in [-0.2, -0.15) is 0 Å². The third-order valence-corrected chi connectivity index (χ3v) is 5.56. The summed E-state index contributed by atoms with van der Waals surface area (Å²) in [5.74, 6) is 0.561. The zero-order valence-corrected chi connectivity index (χ0v) is 15.6. The SMILES string of the molecule is CCn1c2ccccc2n2c(=O)n(CC(=O)N3[C@H](C)CCC[C@@H]3C)nc12. The van der Waals surface area contributed by atoms with Crippen molar-refractivity contribution in [2.45, 2.75) is 65.2 Å². The Morgan fingerprint density at radius 2 is 1.81 bits per heavy atom. The Kier molecular flexibility index (Phi) is 4.09. The number of para-hydroxylation sites is 2. The van der Waals surface area contributed by atoms with Crippen LogP contribution in [0, 0.1) is 0 Å². The van der Waals surface area contributed by atoms with Crippen LogP contribution in [0.3, 0.4) is 0 Å². The van der Waals surface area contributed by atoms with Gasteiger partial charge in [0.25, 0.3) is 0 Å². The van der Waals surface area contributed by atoms with Crippen LogP contribution in [-0.2, 0) is 17.9 Å². The Hall–Kier alpha value is -2.57. The number of carbonyl (C=O) groups excluding carboxylic acids is 1. The molecule has 3 aromatic rings. The average Bonchev–Trinajstić information content (AvgIpc) is 3.09. The van der Waals surface area contributed by atoms with Gasteiger partial charge in [0.15, 0.2) is 0 Å². The number of nitrogens with zero attached hydrogens (tertiary/aromatic N) is 5. The van der Waals surface area contributed by atoms with Crippen molar-refractivity contribution in [3.05, 3.63) is 34.7 Å². The fourth-order valence-electron chi connectivity index (χ4n) is 4.31. The number of aryl methyl sites for hydroxylation is 1. The fraction of sp³-hybridized carbons (Fsp3) is 0.526. The first-order valence-corrected chi connectivity index (χ1v) is 9.41. The maximum atomic E-state index is 12.9. The highest BCUT2D eigenvalue weighted by Crippen LogP contribution is 2.23. The van der Waals surface area contributed by atoms with Gasteiger partial charge in [0, 0.05) is 18.6 Å². The molecule has 138 valence electrons. The number of aromatic nitrogens is 4. The van der Waals surface area contributed by atoms with E-state index >= 15 is 0 Å². The van der Waals surface area contributed by atoms with Crippen molar-refractivity contribution in [3.63, 3.8) is 0 Å². The molecule has 7 heteroatoms.